The van der Waals surface area contributed by atoms with Gasteiger partial charge in [0, 0.05) is 19.6 Å². The number of methoxy groups -OCH3 is 1. The largest absolute Gasteiger partial charge is 0.385 e. The van der Waals surface area contributed by atoms with Crippen molar-refractivity contribution in [1.82, 2.24) is 5.32 Å². The number of Topliss-reactive ketones (excluding diaryl/α,β-unsaturated/α-hetero) is 1. The Labute approximate surface area is 120 Å². The van der Waals surface area contributed by atoms with E-state index in [0.29, 0.717) is 12.3 Å². The van der Waals surface area contributed by atoms with Gasteiger partial charge in [-0.1, -0.05) is 53.4 Å². The zero-order chi connectivity index (χ0) is 14.9. The molecular weight excluding hydrogens is 238 g/mol. The third-order valence-electron chi connectivity index (χ3n) is 2.90. The van der Waals surface area contributed by atoms with Crippen molar-refractivity contribution in [1.29, 1.82) is 0 Å². The molecule has 0 heterocycles. The van der Waals surface area contributed by atoms with Crippen molar-refractivity contribution in [2.24, 2.45) is 5.92 Å². The molecule has 19 heavy (non-hydrogen) atoms. The number of hydrogen-bond donors (Lipinski definition) is 1. The molecule has 0 atom stereocenters. The van der Waals surface area contributed by atoms with Crippen molar-refractivity contribution in [3.8, 4) is 0 Å². The minimum atomic E-state index is 0.156. The summed E-state index contributed by atoms with van der Waals surface area (Å²) in [5.74, 6) is 0.466. The lowest BCUT2D eigenvalue weighted by molar-refractivity contribution is -0.121. The number of unbranched alkanes of at least 4 members (excludes halogenated alkanes) is 5. The molecule has 1 N–H and O–H groups in total. The van der Waals surface area contributed by atoms with Crippen LogP contribution in [0.5, 0.6) is 0 Å². The molecular formula is C16H35NO2. The van der Waals surface area contributed by atoms with E-state index in [0.717, 1.165) is 13.2 Å². The minimum Gasteiger partial charge on any atom is -0.385 e. The van der Waals surface area contributed by atoms with E-state index in [2.05, 4.69) is 5.32 Å². The van der Waals surface area contributed by atoms with Crippen LogP contribution in [0.3, 0.4) is 0 Å². The van der Waals surface area contributed by atoms with E-state index in [-0.39, 0.29) is 5.92 Å². The molecule has 0 aliphatic heterocycles. The molecule has 0 unspecified atom stereocenters. The zero-order valence-electron chi connectivity index (χ0n) is 13.8. The van der Waals surface area contributed by atoms with Crippen LogP contribution in [0.25, 0.3) is 0 Å². The van der Waals surface area contributed by atoms with Crippen molar-refractivity contribution >= 4 is 5.78 Å². The summed E-state index contributed by atoms with van der Waals surface area (Å²) < 4.78 is 5.00. The maximum atomic E-state index is 11.3. The molecule has 116 valence electrons. The number of ether oxygens (including phenoxy) is 1. The predicted molar refractivity (Wildman–Crippen MR) is 83.6 cm³/mol. The summed E-state index contributed by atoms with van der Waals surface area (Å²) in [6.45, 7) is 10.3. The van der Waals surface area contributed by atoms with Crippen molar-refractivity contribution < 1.29 is 9.53 Å². The number of nitrogens with one attached hydrogen (secondary N) is 1. The van der Waals surface area contributed by atoms with Gasteiger partial charge in [0.2, 0.25) is 0 Å². The smallest absolute Gasteiger partial charge is 0.149 e. The Hall–Kier alpha value is -0.410. The van der Waals surface area contributed by atoms with Gasteiger partial charge in [-0.15, -0.1) is 0 Å². The average Bonchev–Trinajstić information content (AvgIpc) is 2.42. The van der Waals surface area contributed by atoms with Crippen molar-refractivity contribution in [2.45, 2.75) is 66.2 Å². The SMILES string of the molecule is CC.COCCCCCCCCNCC(=O)C(C)C. The van der Waals surface area contributed by atoms with E-state index in [1.807, 2.05) is 27.7 Å². The monoisotopic (exact) mass is 273 g/mol. The summed E-state index contributed by atoms with van der Waals surface area (Å²) in [5, 5.41) is 3.21. The van der Waals surface area contributed by atoms with Crippen molar-refractivity contribution in [3.63, 3.8) is 0 Å². The normalized spacial score (nSPS) is 10.2. The van der Waals surface area contributed by atoms with Crippen molar-refractivity contribution in [3.05, 3.63) is 0 Å². The lowest BCUT2D eigenvalue weighted by Crippen LogP contribution is -2.26. The van der Waals surface area contributed by atoms with E-state index in [1.54, 1.807) is 7.11 Å². The molecule has 0 bridgehead atoms. The van der Waals surface area contributed by atoms with E-state index in [4.69, 9.17) is 4.74 Å². The first-order valence-corrected chi connectivity index (χ1v) is 7.91. The topological polar surface area (TPSA) is 38.3 Å². The summed E-state index contributed by atoms with van der Waals surface area (Å²) in [5.41, 5.74) is 0. The van der Waals surface area contributed by atoms with Gasteiger partial charge in [0.1, 0.15) is 5.78 Å². The maximum absolute atomic E-state index is 11.3. The highest BCUT2D eigenvalue weighted by Gasteiger charge is 2.04. The minimum absolute atomic E-state index is 0.156. The van der Waals surface area contributed by atoms with E-state index >= 15 is 0 Å². The molecule has 0 saturated carbocycles. The second-order valence-corrected chi connectivity index (χ2v) is 4.91. The van der Waals surface area contributed by atoms with Crippen LogP contribution in [0.2, 0.25) is 0 Å². The van der Waals surface area contributed by atoms with Crippen LogP contribution < -0.4 is 5.32 Å². The first-order chi connectivity index (χ1) is 9.18. The number of carbonyl (C=O) groups excluding carboxylic acids is 1. The quantitative estimate of drug-likeness (QED) is 0.549. The Morgan fingerprint density at radius 1 is 1.00 bits per heavy atom. The molecule has 0 fully saturated rings. The van der Waals surface area contributed by atoms with Gasteiger partial charge in [0.05, 0.1) is 6.54 Å². The number of rotatable bonds is 12. The lowest BCUT2D eigenvalue weighted by Gasteiger charge is -2.06. The number of ketones is 1. The van der Waals surface area contributed by atoms with Gasteiger partial charge < -0.3 is 10.1 Å². The van der Waals surface area contributed by atoms with Crippen LogP contribution >= 0.6 is 0 Å². The molecule has 0 aromatic heterocycles. The van der Waals surface area contributed by atoms with E-state index in [1.165, 1.54) is 38.5 Å². The summed E-state index contributed by atoms with van der Waals surface area (Å²) in [7, 11) is 1.75. The van der Waals surface area contributed by atoms with E-state index < -0.39 is 0 Å². The van der Waals surface area contributed by atoms with Crippen LogP contribution in [0.15, 0.2) is 0 Å². The Morgan fingerprint density at radius 2 is 1.53 bits per heavy atom. The molecule has 0 aromatic carbocycles. The standard InChI is InChI=1S/C14H29NO2.C2H6/c1-13(2)14(16)12-15-10-8-6-4-5-7-9-11-17-3;1-2/h13,15H,4-12H2,1-3H3;1-2H3. The third-order valence-corrected chi connectivity index (χ3v) is 2.90. The van der Waals surface area contributed by atoms with E-state index in [9.17, 15) is 4.79 Å². The highest BCUT2D eigenvalue weighted by Crippen LogP contribution is 2.04. The van der Waals surface area contributed by atoms with Gasteiger partial charge in [0.15, 0.2) is 0 Å². The second-order valence-electron chi connectivity index (χ2n) is 4.91. The first kappa shape index (κ1) is 20.9. The fraction of sp³-hybridized carbons (Fsp3) is 0.938. The third kappa shape index (κ3) is 17.6. The number of carbonyl (C=O) groups is 1. The Balaban J connectivity index is 0. The lowest BCUT2D eigenvalue weighted by atomic mass is 10.1. The Morgan fingerprint density at radius 3 is 2.05 bits per heavy atom. The summed E-state index contributed by atoms with van der Waals surface area (Å²) in [6, 6.07) is 0. The molecule has 0 amide bonds. The highest BCUT2D eigenvalue weighted by atomic mass is 16.5. The zero-order valence-corrected chi connectivity index (χ0v) is 13.8. The van der Waals surface area contributed by atoms with Crippen LogP contribution in [0.1, 0.15) is 66.2 Å². The van der Waals surface area contributed by atoms with Crippen molar-refractivity contribution in [2.75, 3.05) is 26.8 Å². The molecule has 0 radical (unpaired) electrons. The van der Waals surface area contributed by atoms with Crippen LogP contribution in [-0.4, -0.2) is 32.6 Å². The highest BCUT2D eigenvalue weighted by molar-refractivity contribution is 5.82. The first-order valence-electron chi connectivity index (χ1n) is 7.91. The Bertz CT molecular complexity index is 182. The molecule has 0 spiro atoms. The van der Waals surface area contributed by atoms with Gasteiger partial charge in [-0.25, -0.2) is 0 Å². The van der Waals surface area contributed by atoms with Crippen LogP contribution in [0, 0.1) is 5.92 Å². The fourth-order valence-corrected chi connectivity index (χ4v) is 1.62. The average molecular weight is 273 g/mol. The second kappa shape index (κ2) is 17.6. The maximum Gasteiger partial charge on any atom is 0.149 e. The van der Waals surface area contributed by atoms with Gasteiger partial charge in [-0.2, -0.15) is 0 Å². The summed E-state index contributed by atoms with van der Waals surface area (Å²) in [4.78, 5) is 11.3. The number of hydrogen-bond acceptors (Lipinski definition) is 3. The van der Waals surface area contributed by atoms with Gasteiger partial charge in [-0.3, -0.25) is 4.79 Å². The van der Waals surface area contributed by atoms with Crippen LogP contribution in [-0.2, 0) is 9.53 Å². The Kier molecular flexibility index (Phi) is 19.3. The van der Waals surface area contributed by atoms with Gasteiger partial charge >= 0.3 is 0 Å². The van der Waals surface area contributed by atoms with Gasteiger partial charge in [-0.05, 0) is 19.4 Å². The molecule has 3 heteroatoms. The van der Waals surface area contributed by atoms with Gasteiger partial charge in [0.25, 0.3) is 0 Å². The molecule has 0 saturated heterocycles. The molecule has 0 rings (SSSR count). The molecule has 0 aliphatic carbocycles. The fourth-order valence-electron chi connectivity index (χ4n) is 1.62. The predicted octanol–water partition coefficient (Wildman–Crippen LogP) is 3.81. The molecule has 3 nitrogen and oxygen atoms in total. The molecule has 0 aromatic rings. The molecule has 0 aliphatic rings. The van der Waals surface area contributed by atoms with Crippen LogP contribution in [0.4, 0.5) is 0 Å². The summed E-state index contributed by atoms with van der Waals surface area (Å²) >= 11 is 0. The summed E-state index contributed by atoms with van der Waals surface area (Å²) in [6.07, 6.45) is 7.48.